The molecule has 0 radical (unpaired) electrons. The largest absolute Gasteiger partial charge is 0.327 e. The molecule has 15 heavy (non-hydrogen) atoms. The number of rotatable bonds is 3. The zero-order chi connectivity index (χ0) is 11.6. The number of nitro groups is 1. The molecule has 0 atom stereocenters. The Labute approximate surface area is 102 Å². The van der Waals surface area contributed by atoms with Crippen molar-refractivity contribution in [2.45, 2.75) is 6.92 Å². The van der Waals surface area contributed by atoms with E-state index in [-0.39, 0.29) is 10.2 Å². The van der Waals surface area contributed by atoms with E-state index in [1.54, 1.807) is 13.0 Å². The Hall–Kier alpha value is -0.950. The highest BCUT2D eigenvalue weighted by molar-refractivity contribution is 9.11. The van der Waals surface area contributed by atoms with Crippen LogP contribution in [-0.2, 0) is 4.79 Å². The van der Waals surface area contributed by atoms with Crippen molar-refractivity contribution in [1.29, 1.82) is 0 Å². The summed E-state index contributed by atoms with van der Waals surface area (Å²) in [6.45, 7) is 1.74. The highest BCUT2D eigenvalue weighted by atomic mass is 79.9. The van der Waals surface area contributed by atoms with E-state index in [9.17, 15) is 14.9 Å². The number of amides is 1. The predicted molar refractivity (Wildman–Crippen MR) is 62.9 cm³/mol. The monoisotopic (exact) mass is 336 g/mol. The van der Waals surface area contributed by atoms with E-state index in [0.29, 0.717) is 16.6 Å². The molecule has 0 fully saturated rings. The van der Waals surface area contributed by atoms with Crippen molar-refractivity contribution in [3.05, 3.63) is 30.7 Å². The van der Waals surface area contributed by atoms with Gasteiger partial charge in [0, 0.05) is 0 Å². The lowest BCUT2D eigenvalue weighted by molar-refractivity contribution is -0.386. The molecule has 0 heterocycles. The summed E-state index contributed by atoms with van der Waals surface area (Å²) in [6.07, 6.45) is 0.477. The fourth-order valence-corrected chi connectivity index (χ4v) is 2.87. The quantitative estimate of drug-likeness (QED) is 0.523. The molecule has 0 unspecified atom stereocenters. The standard InChI is InChI=1S/C8H6Br2N2O3/c1-4-2-5(9)8(12(14)15)6(10)7(4)11-3-13/h2-3H,1H3,(H,11,13). The maximum absolute atomic E-state index is 10.7. The molecule has 80 valence electrons. The molecule has 7 heteroatoms. The van der Waals surface area contributed by atoms with Crippen LogP contribution >= 0.6 is 31.9 Å². The van der Waals surface area contributed by atoms with Crippen molar-refractivity contribution in [3.63, 3.8) is 0 Å². The van der Waals surface area contributed by atoms with Crippen LogP contribution in [0.5, 0.6) is 0 Å². The number of anilines is 1. The lowest BCUT2D eigenvalue weighted by Crippen LogP contribution is -2.01. The third-order valence-electron chi connectivity index (χ3n) is 1.78. The van der Waals surface area contributed by atoms with Gasteiger partial charge in [0.05, 0.1) is 15.1 Å². The molecule has 1 aromatic carbocycles. The minimum Gasteiger partial charge on any atom is -0.327 e. The number of carbonyl (C=O) groups excluding carboxylic acids is 1. The van der Waals surface area contributed by atoms with Crippen LogP contribution in [0.2, 0.25) is 0 Å². The van der Waals surface area contributed by atoms with E-state index in [0.717, 1.165) is 5.56 Å². The van der Waals surface area contributed by atoms with Gasteiger partial charge in [-0.05, 0) is 50.4 Å². The van der Waals surface area contributed by atoms with Gasteiger partial charge in [-0.1, -0.05) is 0 Å². The van der Waals surface area contributed by atoms with Gasteiger partial charge in [-0.2, -0.15) is 0 Å². The molecule has 0 aromatic heterocycles. The van der Waals surface area contributed by atoms with Crippen molar-refractivity contribution in [1.82, 2.24) is 0 Å². The molecule has 0 spiro atoms. The Morgan fingerprint density at radius 3 is 2.60 bits per heavy atom. The van der Waals surface area contributed by atoms with E-state index < -0.39 is 4.92 Å². The summed E-state index contributed by atoms with van der Waals surface area (Å²) < 4.78 is 0.625. The highest BCUT2D eigenvalue weighted by Gasteiger charge is 2.21. The smallest absolute Gasteiger partial charge is 0.299 e. The fraction of sp³-hybridized carbons (Fsp3) is 0.125. The lowest BCUT2D eigenvalue weighted by Gasteiger charge is -2.08. The number of aryl methyl sites for hydroxylation is 1. The maximum atomic E-state index is 10.7. The van der Waals surface area contributed by atoms with E-state index in [2.05, 4.69) is 37.2 Å². The zero-order valence-corrected chi connectivity index (χ0v) is 10.8. The third-order valence-corrected chi connectivity index (χ3v) is 3.15. The van der Waals surface area contributed by atoms with Gasteiger partial charge >= 0.3 is 0 Å². The normalized spacial score (nSPS) is 9.80. The second-order valence-electron chi connectivity index (χ2n) is 2.73. The van der Waals surface area contributed by atoms with E-state index in [4.69, 9.17) is 0 Å². The average Bonchev–Trinajstić information content (AvgIpc) is 2.11. The number of nitrogens with zero attached hydrogens (tertiary/aromatic N) is 1. The first-order valence-electron chi connectivity index (χ1n) is 3.82. The van der Waals surface area contributed by atoms with Crippen molar-refractivity contribution in [2.75, 3.05) is 5.32 Å². The Kier molecular flexibility index (Phi) is 3.81. The second-order valence-corrected chi connectivity index (χ2v) is 4.38. The molecule has 0 aliphatic carbocycles. The predicted octanol–water partition coefficient (Wildman–Crippen LogP) is 3.00. The van der Waals surface area contributed by atoms with Gasteiger partial charge in [0.25, 0.3) is 5.69 Å². The summed E-state index contributed by atoms with van der Waals surface area (Å²) in [5.41, 5.74) is 1.02. The van der Waals surface area contributed by atoms with Crippen LogP contribution in [0.15, 0.2) is 15.0 Å². The number of nitro benzene ring substituents is 1. The molecular weight excluding hydrogens is 332 g/mol. The first-order chi connectivity index (χ1) is 6.99. The lowest BCUT2D eigenvalue weighted by atomic mass is 10.2. The van der Waals surface area contributed by atoms with Gasteiger partial charge in [0.1, 0.15) is 4.47 Å². The van der Waals surface area contributed by atoms with Gasteiger partial charge < -0.3 is 5.32 Å². The molecular formula is C8H6Br2N2O3. The Morgan fingerprint density at radius 1 is 1.53 bits per heavy atom. The average molecular weight is 338 g/mol. The third kappa shape index (κ3) is 2.35. The van der Waals surface area contributed by atoms with Crippen molar-refractivity contribution < 1.29 is 9.72 Å². The Balaban J connectivity index is 3.48. The SMILES string of the molecule is Cc1cc(Br)c([N+](=O)[O-])c(Br)c1NC=O. The van der Waals surface area contributed by atoms with Crippen LogP contribution in [-0.4, -0.2) is 11.3 Å². The molecule has 1 aromatic rings. The molecule has 1 rings (SSSR count). The van der Waals surface area contributed by atoms with Gasteiger partial charge in [-0.25, -0.2) is 0 Å². The van der Waals surface area contributed by atoms with Crippen molar-refractivity contribution in [3.8, 4) is 0 Å². The van der Waals surface area contributed by atoms with Crippen LogP contribution in [0.25, 0.3) is 0 Å². The molecule has 1 N–H and O–H groups in total. The number of hydrogen-bond acceptors (Lipinski definition) is 3. The molecule has 0 aliphatic heterocycles. The number of halogens is 2. The summed E-state index contributed by atoms with van der Waals surface area (Å²) in [4.78, 5) is 20.5. The highest BCUT2D eigenvalue weighted by Crippen LogP contribution is 2.40. The maximum Gasteiger partial charge on any atom is 0.299 e. The minimum atomic E-state index is -0.524. The summed E-state index contributed by atoms with van der Waals surface area (Å²) in [5, 5.41) is 13.2. The molecule has 0 saturated heterocycles. The molecule has 0 bridgehead atoms. The summed E-state index contributed by atoms with van der Waals surface area (Å²) >= 11 is 6.19. The topological polar surface area (TPSA) is 72.2 Å². The van der Waals surface area contributed by atoms with Crippen LogP contribution in [0.3, 0.4) is 0 Å². The van der Waals surface area contributed by atoms with Gasteiger partial charge in [-0.15, -0.1) is 0 Å². The number of nitrogens with one attached hydrogen (secondary N) is 1. The van der Waals surface area contributed by atoms with Crippen LogP contribution in [0.4, 0.5) is 11.4 Å². The van der Waals surface area contributed by atoms with Crippen LogP contribution < -0.4 is 5.32 Å². The van der Waals surface area contributed by atoms with Gasteiger partial charge in [0.15, 0.2) is 0 Å². The first-order valence-corrected chi connectivity index (χ1v) is 5.40. The van der Waals surface area contributed by atoms with Crippen LogP contribution in [0.1, 0.15) is 5.56 Å². The van der Waals surface area contributed by atoms with E-state index in [1.807, 2.05) is 0 Å². The Morgan fingerprint density at radius 2 is 2.13 bits per heavy atom. The number of carbonyl (C=O) groups is 1. The van der Waals surface area contributed by atoms with E-state index >= 15 is 0 Å². The molecule has 1 amide bonds. The number of benzene rings is 1. The van der Waals surface area contributed by atoms with Crippen molar-refractivity contribution >= 4 is 49.6 Å². The van der Waals surface area contributed by atoms with Crippen LogP contribution in [0, 0.1) is 17.0 Å². The summed E-state index contributed by atoms with van der Waals surface area (Å²) in [6, 6.07) is 1.58. The summed E-state index contributed by atoms with van der Waals surface area (Å²) in [7, 11) is 0. The second kappa shape index (κ2) is 4.71. The fourth-order valence-electron chi connectivity index (χ4n) is 1.13. The molecule has 0 aliphatic rings. The van der Waals surface area contributed by atoms with Crippen molar-refractivity contribution in [2.24, 2.45) is 0 Å². The summed E-state index contributed by atoms with van der Waals surface area (Å²) in [5.74, 6) is 0. The minimum absolute atomic E-state index is 0.107. The molecule has 0 saturated carbocycles. The van der Waals surface area contributed by atoms with Gasteiger partial charge in [-0.3, -0.25) is 14.9 Å². The zero-order valence-electron chi connectivity index (χ0n) is 7.58. The Bertz CT molecular complexity index is 434. The number of hydrogen-bond donors (Lipinski definition) is 1. The first kappa shape index (κ1) is 12.1. The van der Waals surface area contributed by atoms with E-state index in [1.165, 1.54) is 0 Å². The molecule has 5 nitrogen and oxygen atoms in total. The van der Waals surface area contributed by atoms with Gasteiger partial charge in [0.2, 0.25) is 6.41 Å².